The minimum Gasteiger partial charge on any atom is -0.378 e. The highest BCUT2D eigenvalue weighted by Gasteiger charge is 2.27. The third-order valence-electron chi connectivity index (χ3n) is 5.40. The number of hydrogen-bond acceptors (Lipinski definition) is 4. The van der Waals surface area contributed by atoms with Crippen LogP contribution in [0.4, 0.5) is 4.79 Å². The molecule has 0 aliphatic carbocycles. The summed E-state index contributed by atoms with van der Waals surface area (Å²) < 4.78 is 5.28. The standard InChI is InChI=1S/C24H30N4O3/c1-17(2)14-22(27-24(30)28-10-12-31-13-11-28)23(29)26-20(16-25)15-19-8-5-7-18-6-3-4-9-21(18)19/h3-9,17,20,22H,10-15H2,1-2H3,(H,26,29)(H,27,30)/t20-,22-/m0/s1. The molecule has 2 atom stereocenters. The van der Waals surface area contributed by atoms with Crippen molar-refractivity contribution in [2.24, 2.45) is 5.92 Å². The molecular formula is C24H30N4O3. The van der Waals surface area contributed by atoms with Crippen LogP contribution in [0.5, 0.6) is 0 Å². The van der Waals surface area contributed by atoms with E-state index in [0.717, 1.165) is 16.3 Å². The van der Waals surface area contributed by atoms with Crippen molar-refractivity contribution in [1.82, 2.24) is 15.5 Å². The lowest BCUT2D eigenvalue weighted by Gasteiger charge is -2.29. The monoisotopic (exact) mass is 422 g/mol. The first kappa shape index (κ1) is 22.6. The average molecular weight is 423 g/mol. The maximum absolute atomic E-state index is 13.0. The summed E-state index contributed by atoms with van der Waals surface area (Å²) >= 11 is 0. The summed E-state index contributed by atoms with van der Waals surface area (Å²) in [4.78, 5) is 27.3. The van der Waals surface area contributed by atoms with Crippen molar-refractivity contribution in [2.45, 2.75) is 38.8 Å². The summed E-state index contributed by atoms with van der Waals surface area (Å²) in [6, 6.07) is 14.5. The number of rotatable bonds is 7. The highest BCUT2D eigenvalue weighted by molar-refractivity contribution is 5.88. The van der Waals surface area contributed by atoms with Crippen LogP contribution < -0.4 is 10.6 Å². The van der Waals surface area contributed by atoms with Crippen molar-refractivity contribution in [3.8, 4) is 6.07 Å². The lowest BCUT2D eigenvalue weighted by Crippen LogP contribution is -2.55. The molecule has 1 aliphatic heterocycles. The Morgan fingerprint density at radius 2 is 1.81 bits per heavy atom. The fourth-order valence-electron chi connectivity index (χ4n) is 3.80. The molecule has 0 aromatic heterocycles. The largest absolute Gasteiger partial charge is 0.378 e. The molecule has 2 aromatic rings. The van der Waals surface area contributed by atoms with E-state index in [9.17, 15) is 14.9 Å². The van der Waals surface area contributed by atoms with Crippen LogP contribution in [-0.4, -0.2) is 55.2 Å². The first-order chi connectivity index (χ1) is 15.0. The SMILES string of the molecule is CC(C)C[C@H](NC(=O)N1CCOCC1)C(=O)N[C@H](C#N)Cc1cccc2ccccc12. The average Bonchev–Trinajstić information content (AvgIpc) is 2.78. The van der Waals surface area contributed by atoms with Crippen LogP contribution >= 0.6 is 0 Å². The molecule has 2 N–H and O–H groups in total. The van der Waals surface area contributed by atoms with Gasteiger partial charge in [-0.25, -0.2) is 4.79 Å². The molecule has 7 heteroatoms. The Morgan fingerprint density at radius 3 is 2.52 bits per heavy atom. The minimum atomic E-state index is -0.696. The zero-order valence-electron chi connectivity index (χ0n) is 18.1. The van der Waals surface area contributed by atoms with Crippen LogP contribution in [-0.2, 0) is 16.0 Å². The van der Waals surface area contributed by atoms with Gasteiger partial charge >= 0.3 is 6.03 Å². The zero-order valence-corrected chi connectivity index (χ0v) is 18.1. The molecule has 3 amide bonds. The first-order valence-electron chi connectivity index (χ1n) is 10.8. The van der Waals surface area contributed by atoms with Gasteiger partial charge in [-0.3, -0.25) is 4.79 Å². The molecule has 1 heterocycles. The fraction of sp³-hybridized carbons (Fsp3) is 0.458. The summed E-state index contributed by atoms with van der Waals surface area (Å²) in [5.41, 5.74) is 1.00. The zero-order chi connectivity index (χ0) is 22.2. The molecule has 2 aromatic carbocycles. The van der Waals surface area contributed by atoms with Crippen molar-refractivity contribution in [3.05, 3.63) is 48.0 Å². The summed E-state index contributed by atoms with van der Waals surface area (Å²) in [6.45, 7) is 6.00. The molecule has 1 saturated heterocycles. The summed E-state index contributed by atoms with van der Waals surface area (Å²) in [7, 11) is 0. The normalized spacial score (nSPS) is 15.9. The fourth-order valence-corrected chi connectivity index (χ4v) is 3.80. The summed E-state index contributed by atoms with van der Waals surface area (Å²) in [5.74, 6) is -0.124. The van der Waals surface area contributed by atoms with Crippen LogP contribution in [0.2, 0.25) is 0 Å². The van der Waals surface area contributed by atoms with Crippen molar-refractivity contribution in [3.63, 3.8) is 0 Å². The second-order valence-corrected chi connectivity index (χ2v) is 8.26. The Hall–Kier alpha value is -3.11. The molecule has 7 nitrogen and oxygen atoms in total. The molecule has 0 saturated carbocycles. The molecule has 0 spiro atoms. The molecule has 31 heavy (non-hydrogen) atoms. The van der Waals surface area contributed by atoms with Crippen molar-refractivity contribution >= 4 is 22.7 Å². The summed E-state index contributed by atoms with van der Waals surface area (Å²) in [5, 5.41) is 17.5. The number of hydrogen-bond donors (Lipinski definition) is 2. The number of carbonyl (C=O) groups is 2. The number of ether oxygens (including phenoxy) is 1. The highest BCUT2D eigenvalue weighted by atomic mass is 16.5. The van der Waals surface area contributed by atoms with Gasteiger partial charge in [-0.1, -0.05) is 56.3 Å². The Bertz CT molecular complexity index is 942. The second kappa shape index (κ2) is 10.8. The molecule has 0 unspecified atom stereocenters. The van der Waals surface area contributed by atoms with E-state index in [-0.39, 0.29) is 17.9 Å². The van der Waals surface area contributed by atoms with Gasteiger partial charge in [-0.05, 0) is 28.7 Å². The third-order valence-corrected chi connectivity index (χ3v) is 5.40. The van der Waals surface area contributed by atoms with Gasteiger partial charge in [-0.15, -0.1) is 0 Å². The quantitative estimate of drug-likeness (QED) is 0.717. The van der Waals surface area contributed by atoms with E-state index in [2.05, 4.69) is 16.7 Å². The smallest absolute Gasteiger partial charge is 0.318 e. The second-order valence-electron chi connectivity index (χ2n) is 8.26. The number of amides is 3. The summed E-state index contributed by atoms with van der Waals surface area (Å²) in [6.07, 6.45) is 0.893. The topological polar surface area (TPSA) is 94.5 Å². The number of urea groups is 1. The Kier molecular flexibility index (Phi) is 7.85. The van der Waals surface area contributed by atoms with Crippen LogP contribution in [0.3, 0.4) is 0 Å². The van der Waals surface area contributed by atoms with Crippen molar-refractivity contribution in [1.29, 1.82) is 5.26 Å². The van der Waals surface area contributed by atoms with Gasteiger partial charge in [0.2, 0.25) is 5.91 Å². The molecule has 0 radical (unpaired) electrons. The molecule has 0 bridgehead atoms. The van der Waals surface area contributed by atoms with Crippen molar-refractivity contribution in [2.75, 3.05) is 26.3 Å². The van der Waals surface area contributed by atoms with Crippen LogP contribution in [0.15, 0.2) is 42.5 Å². The van der Waals surface area contributed by atoms with Gasteiger partial charge in [0.05, 0.1) is 19.3 Å². The van der Waals surface area contributed by atoms with Gasteiger partial charge < -0.3 is 20.3 Å². The maximum Gasteiger partial charge on any atom is 0.318 e. The van der Waals surface area contributed by atoms with Crippen LogP contribution in [0.1, 0.15) is 25.8 Å². The molecule has 164 valence electrons. The number of carbonyl (C=O) groups excluding carboxylic acids is 2. The maximum atomic E-state index is 13.0. The molecule has 3 rings (SSSR count). The predicted octanol–water partition coefficient (Wildman–Crippen LogP) is 2.85. The van der Waals surface area contributed by atoms with E-state index >= 15 is 0 Å². The van der Waals surface area contributed by atoms with Gasteiger partial charge in [0.25, 0.3) is 0 Å². The van der Waals surface area contributed by atoms with Gasteiger partial charge in [-0.2, -0.15) is 5.26 Å². The number of fused-ring (bicyclic) bond motifs is 1. The Morgan fingerprint density at radius 1 is 1.10 bits per heavy atom. The first-order valence-corrected chi connectivity index (χ1v) is 10.8. The number of nitrogens with zero attached hydrogens (tertiary/aromatic N) is 2. The van der Waals surface area contributed by atoms with Gasteiger partial charge in [0, 0.05) is 19.5 Å². The van der Waals surface area contributed by atoms with E-state index in [4.69, 9.17) is 4.74 Å². The predicted molar refractivity (Wildman–Crippen MR) is 119 cm³/mol. The Balaban J connectivity index is 1.68. The number of nitrogens with one attached hydrogen (secondary N) is 2. The van der Waals surface area contributed by atoms with Crippen LogP contribution in [0.25, 0.3) is 10.8 Å². The van der Waals surface area contributed by atoms with Gasteiger partial charge in [0.15, 0.2) is 0 Å². The number of nitriles is 1. The highest BCUT2D eigenvalue weighted by Crippen LogP contribution is 2.20. The van der Waals surface area contributed by atoms with E-state index in [1.807, 2.05) is 56.3 Å². The lowest BCUT2D eigenvalue weighted by molar-refractivity contribution is -0.123. The van der Waals surface area contributed by atoms with Gasteiger partial charge in [0.1, 0.15) is 12.1 Å². The number of morpholine rings is 1. The Labute approximate surface area is 183 Å². The van der Waals surface area contributed by atoms with Crippen molar-refractivity contribution < 1.29 is 14.3 Å². The molecule has 1 fully saturated rings. The third kappa shape index (κ3) is 6.19. The van der Waals surface area contributed by atoms with E-state index in [1.165, 1.54) is 0 Å². The minimum absolute atomic E-state index is 0.208. The van der Waals surface area contributed by atoms with Crippen LogP contribution in [0, 0.1) is 17.2 Å². The lowest BCUT2D eigenvalue weighted by atomic mass is 9.98. The molecular weight excluding hydrogens is 392 g/mol. The number of benzene rings is 2. The van der Waals surface area contributed by atoms with E-state index in [1.54, 1.807) is 4.90 Å². The van der Waals surface area contributed by atoms with E-state index in [0.29, 0.717) is 39.1 Å². The van der Waals surface area contributed by atoms with E-state index < -0.39 is 12.1 Å². The molecule has 1 aliphatic rings.